The van der Waals surface area contributed by atoms with E-state index < -0.39 is 0 Å². The lowest BCUT2D eigenvalue weighted by Crippen LogP contribution is -2.24. The van der Waals surface area contributed by atoms with Gasteiger partial charge in [-0.25, -0.2) is 0 Å². The van der Waals surface area contributed by atoms with Crippen molar-refractivity contribution in [1.82, 2.24) is 29.4 Å². The second-order valence-electron chi connectivity index (χ2n) is 4.62. The van der Waals surface area contributed by atoms with Gasteiger partial charge in [0.25, 0.3) is 5.78 Å². The zero-order valence-electron chi connectivity index (χ0n) is 11.2. The maximum atomic E-state index is 6.13. The molecule has 0 fully saturated rings. The standard InChI is InChI=1S/C12H14ClN7/c1-8(6-19-5-3-4-15-19)17-11-9(2)10(13)18-12-14-7-16-20(11)12/h3-5,7-8,17H,6H2,1-2H3. The average molecular weight is 292 g/mol. The molecule has 0 saturated carbocycles. The van der Waals surface area contributed by atoms with Crippen LogP contribution < -0.4 is 5.32 Å². The lowest BCUT2D eigenvalue weighted by atomic mass is 10.3. The van der Waals surface area contributed by atoms with Crippen LogP contribution in [0.3, 0.4) is 0 Å². The quantitative estimate of drug-likeness (QED) is 0.742. The summed E-state index contributed by atoms with van der Waals surface area (Å²) in [6, 6.07) is 2.05. The lowest BCUT2D eigenvalue weighted by Gasteiger charge is -2.17. The van der Waals surface area contributed by atoms with E-state index in [0.717, 1.165) is 17.9 Å². The summed E-state index contributed by atoms with van der Waals surface area (Å²) in [4.78, 5) is 8.24. The number of hydrogen-bond donors (Lipinski definition) is 1. The first-order valence-electron chi connectivity index (χ1n) is 6.25. The monoisotopic (exact) mass is 291 g/mol. The summed E-state index contributed by atoms with van der Waals surface area (Å²) in [6.07, 6.45) is 5.15. The highest BCUT2D eigenvalue weighted by Crippen LogP contribution is 2.22. The molecule has 3 rings (SSSR count). The Bertz CT molecular complexity index is 719. The van der Waals surface area contributed by atoms with Crippen LogP contribution in [0.2, 0.25) is 5.15 Å². The van der Waals surface area contributed by atoms with Gasteiger partial charge in [-0.2, -0.15) is 24.7 Å². The first-order valence-corrected chi connectivity index (χ1v) is 6.62. The van der Waals surface area contributed by atoms with Crippen molar-refractivity contribution in [2.45, 2.75) is 26.4 Å². The van der Waals surface area contributed by atoms with Crippen LogP contribution >= 0.6 is 11.6 Å². The van der Waals surface area contributed by atoms with Crippen molar-refractivity contribution in [1.29, 1.82) is 0 Å². The van der Waals surface area contributed by atoms with Gasteiger partial charge in [0.1, 0.15) is 17.3 Å². The fraction of sp³-hybridized carbons (Fsp3) is 0.333. The van der Waals surface area contributed by atoms with E-state index in [1.54, 1.807) is 10.7 Å². The second-order valence-corrected chi connectivity index (χ2v) is 4.98. The third kappa shape index (κ3) is 2.32. The zero-order valence-corrected chi connectivity index (χ0v) is 11.9. The fourth-order valence-electron chi connectivity index (χ4n) is 2.04. The topological polar surface area (TPSA) is 72.9 Å². The van der Waals surface area contributed by atoms with Gasteiger partial charge in [0, 0.05) is 24.0 Å². The Hall–Kier alpha value is -2.15. The Morgan fingerprint density at radius 3 is 3.00 bits per heavy atom. The number of rotatable bonds is 4. The van der Waals surface area contributed by atoms with Crippen molar-refractivity contribution >= 4 is 23.2 Å². The number of halogens is 1. The van der Waals surface area contributed by atoms with Crippen LogP contribution in [0, 0.1) is 6.92 Å². The minimum atomic E-state index is 0.152. The van der Waals surface area contributed by atoms with Gasteiger partial charge in [-0.05, 0) is 19.9 Å². The number of nitrogens with one attached hydrogen (secondary N) is 1. The zero-order chi connectivity index (χ0) is 14.1. The molecule has 3 heterocycles. The Morgan fingerprint density at radius 1 is 1.40 bits per heavy atom. The van der Waals surface area contributed by atoms with E-state index in [-0.39, 0.29) is 6.04 Å². The van der Waals surface area contributed by atoms with E-state index in [1.165, 1.54) is 6.33 Å². The van der Waals surface area contributed by atoms with Gasteiger partial charge < -0.3 is 5.32 Å². The van der Waals surface area contributed by atoms with Crippen molar-refractivity contribution in [2.24, 2.45) is 0 Å². The predicted octanol–water partition coefficient (Wildman–Crippen LogP) is 1.78. The normalized spacial score (nSPS) is 12.8. The van der Waals surface area contributed by atoms with Crippen LogP contribution in [0.4, 0.5) is 5.82 Å². The van der Waals surface area contributed by atoms with Crippen molar-refractivity contribution in [2.75, 3.05) is 5.32 Å². The maximum Gasteiger partial charge on any atom is 0.255 e. The first kappa shape index (κ1) is 12.9. The molecule has 104 valence electrons. The van der Waals surface area contributed by atoms with E-state index in [2.05, 4.69) is 32.4 Å². The van der Waals surface area contributed by atoms with Gasteiger partial charge in [-0.15, -0.1) is 0 Å². The highest BCUT2D eigenvalue weighted by Gasteiger charge is 2.14. The Balaban J connectivity index is 1.89. The van der Waals surface area contributed by atoms with Crippen molar-refractivity contribution in [3.8, 4) is 0 Å². The number of fused-ring (bicyclic) bond motifs is 1. The van der Waals surface area contributed by atoms with Crippen LogP contribution in [0.15, 0.2) is 24.8 Å². The minimum Gasteiger partial charge on any atom is -0.365 e. The Labute approximate surface area is 120 Å². The molecule has 7 nitrogen and oxygen atoms in total. The summed E-state index contributed by atoms with van der Waals surface area (Å²) >= 11 is 6.13. The molecule has 0 radical (unpaired) electrons. The molecule has 1 unspecified atom stereocenters. The van der Waals surface area contributed by atoms with Crippen molar-refractivity contribution in [3.05, 3.63) is 35.5 Å². The molecule has 0 aliphatic carbocycles. The minimum absolute atomic E-state index is 0.152. The van der Waals surface area contributed by atoms with Crippen LogP contribution in [-0.4, -0.2) is 35.4 Å². The van der Waals surface area contributed by atoms with Gasteiger partial charge in [0.05, 0.1) is 6.54 Å². The van der Waals surface area contributed by atoms with Crippen LogP contribution in [-0.2, 0) is 6.54 Å². The number of hydrogen-bond acceptors (Lipinski definition) is 5. The molecule has 3 aromatic heterocycles. The molecule has 0 bridgehead atoms. The van der Waals surface area contributed by atoms with E-state index in [1.807, 2.05) is 23.9 Å². The van der Waals surface area contributed by atoms with Crippen molar-refractivity contribution < 1.29 is 0 Å². The largest absolute Gasteiger partial charge is 0.365 e. The molecule has 0 amide bonds. The molecule has 3 aromatic rings. The first-order chi connectivity index (χ1) is 9.65. The summed E-state index contributed by atoms with van der Waals surface area (Å²) in [6.45, 7) is 4.71. The van der Waals surface area contributed by atoms with Gasteiger partial charge >= 0.3 is 0 Å². The highest BCUT2D eigenvalue weighted by molar-refractivity contribution is 6.30. The number of aromatic nitrogens is 6. The lowest BCUT2D eigenvalue weighted by molar-refractivity contribution is 0.558. The summed E-state index contributed by atoms with van der Waals surface area (Å²) < 4.78 is 3.52. The third-order valence-corrected chi connectivity index (χ3v) is 3.38. The molecule has 1 atom stereocenters. The van der Waals surface area contributed by atoms with Crippen LogP contribution in [0.25, 0.3) is 5.78 Å². The molecule has 0 aromatic carbocycles. The number of anilines is 1. The van der Waals surface area contributed by atoms with Crippen molar-refractivity contribution in [3.63, 3.8) is 0 Å². The van der Waals surface area contributed by atoms with Gasteiger partial charge in [-0.3, -0.25) is 4.68 Å². The molecule has 0 aliphatic heterocycles. The SMILES string of the molecule is Cc1c(Cl)nc2ncnn2c1NC(C)Cn1cccn1. The molecule has 0 saturated heterocycles. The Morgan fingerprint density at radius 2 is 2.25 bits per heavy atom. The molecule has 1 N–H and O–H groups in total. The fourth-order valence-corrected chi connectivity index (χ4v) is 2.20. The third-order valence-electron chi connectivity index (χ3n) is 3.01. The molecule has 20 heavy (non-hydrogen) atoms. The van der Waals surface area contributed by atoms with E-state index >= 15 is 0 Å². The van der Waals surface area contributed by atoms with E-state index in [4.69, 9.17) is 11.6 Å². The summed E-state index contributed by atoms with van der Waals surface area (Å²) in [7, 11) is 0. The predicted molar refractivity (Wildman–Crippen MR) is 75.8 cm³/mol. The smallest absolute Gasteiger partial charge is 0.255 e. The average Bonchev–Trinajstić information content (AvgIpc) is 3.05. The molecular weight excluding hydrogens is 278 g/mol. The number of nitrogens with zero attached hydrogens (tertiary/aromatic N) is 6. The maximum absolute atomic E-state index is 6.13. The molecule has 8 heteroatoms. The molecule has 0 spiro atoms. The van der Waals surface area contributed by atoms with Gasteiger partial charge in [-0.1, -0.05) is 11.6 Å². The van der Waals surface area contributed by atoms with Gasteiger partial charge in [0.15, 0.2) is 0 Å². The van der Waals surface area contributed by atoms with Gasteiger partial charge in [0.2, 0.25) is 0 Å². The summed E-state index contributed by atoms with van der Waals surface area (Å²) in [5, 5.41) is 12.2. The summed E-state index contributed by atoms with van der Waals surface area (Å²) in [5.74, 6) is 1.28. The second kappa shape index (κ2) is 5.09. The van der Waals surface area contributed by atoms with Crippen LogP contribution in [0.1, 0.15) is 12.5 Å². The molecule has 0 aliphatic rings. The van der Waals surface area contributed by atoms with E-state index in [9.17, 15) is 0 Å². The van der Waals surface area contributed by atoms with Crippen LogP contribution in [0.5, 0.6) is 0 Å². The molecular formula is C12H14ClN7. The van der Waals surface area contributed by atoms with E-state index in [0.29, 0.717) is 10.9 Å². The highest BCUT2D eigenvalue weighted by atomic mass is 35.5. The Kier molecular flexibility index (Phi) is 3.27. The summed E-state index contributed by atoms with van der Waals surface area (Å²) in [5.41, 5.74) is 0.844.